The van der Waals surface area contributed by atoms with E-state index in [-0.39, 0.29) is 25.0 Å². The van der Waals surface area contributed by atoms with E-state index in [0.717, 1.165) is 28.9 Å². The van der Waals surface area contributed by atoms with Gasteiger partial charge in [0, 0.05) is 12.5 Å². The highest BCUT2D eigenvalue weighted by molar-refractivity contribution is 5.87. The van der Waals surface area contributed by atoms with Crippen molar-refractivity contribution in [2.75, 3.05) is 0 Å². The molecule has 7 nitrogen and oxygen atoms in total. The third-order valence-corrected chi connectivity index (χ3v) is 8.27. The lowest BCUT2D eigenvalue weighted by molar-refractivity contribution is -0.178. The van der Waals surface area contributed by atoms with E-state index in [4.69, 9.17) is 14.2 Å². The molecule has 1 fully saturated rings. The summed E-state index contributed by atoms with van der Waals surface area (Å²) in [7, 11) is 0. The van der Waals surface area contributed by atoms with Crippen LogP contribution in [0.15, 0.2) is 115 Å². The van der Waals surface area contributed by atoms with Gasteiger partial charge in [0.1, 0.15) is 24.7 Å². The van der Waals surface area contributed by atoms with E-state index in [2.05, 4.69) is 5.32 Å². The topological polar surface area (TPSA) is 90.9 Å². The molecule has 0 heterocycles. The zero-order chi connectivity index (χ0) is 31.4. The number of carbonyl (C=O) groups excluding carboxylic acids is 3. The largest absolute Gasteiger partial charge is 0.461 e. The summed E-state index contributed by atoms with van der Waals surface area (Å²) in [6.45, 7) is 2.58. The van der Waals surface area contributed by atoms with Crippen molar-refractivity contribution in [1.29, 1.82) is 0 Å². The van der Waals surface area contributed by atoms with Crippen molar-refractivity contribution >= 4 is 17.8 Å². The van der Waals surface area contributed by atoms with Gasteiger partial charge in [-0.3, -0.25) is 14.4 Å². The summed E-state index contributed by atoms with van der Waals surface area (Å²) < 4.78 is 17.2. The van der Waals surface area contributed by atoms with Crippen LogP contribution in [-0.4, -0.2) is 17.8 Å². The maximum Gasteiger partial charge on any atom is 0.310 e. The van der Waals surface area contributed by atoms with Crippen LogP contribution < -0.4 is 10.1 Å². The van der Waals surface area contributed by atoms with E-state index in [1.165, 1.54) is 0 Å². The van der Waals surface area contributed by atoms with E-state index in [9.17, 15) is 14.4 Å². The minimum absolute atomic E-state index is 0.100. The summed E-state index contributed by atoms with van der Waals surface area (Å²) in [6.07, 6.45) is 1.74. The van der Waals surface area contributed by atoms with Crippen molar-refractivity contribution in [3.8, 4) is 11.5 Å². The Balaban J connectivity index is 1.23. The predicted molar refractivity (Wildman–Crippen MR) is 171 cm³/mol. The van der Waals surface area contributed by atoms with Crippen LogP contribution in [-0.2, 0) is 43.6 Å². The second kappa shape index (κ2) is 15.7. The first-order valence-electron chi connectivity index (χ1n) is 15.5. The average Bonchev–Trinajstić information content (AvgIpc) is 3.06. The molecular weight excluding hydrogens is 566 g/mol. The van der Waals surface area contributed by atoms with Crippen molar-refractivity contribution < 1.29 is 28.6 Å². The first-order valence-corrected chi connectivity index (χ1v) is 15.5. The highest BCUT2D eigenvalue weighted by Gasteiger charge is 2.55. The smallest absolute Gasteiger partial charge is 0.310 e. The van der Waals surface area contributed by atoms with E-state index in [1.54, 1.807) is 0 Å². The summed E-state index contributed by atoms with van der Waals surface area (Å²) in [6, 6.07) is 36.0. The summed E-state index contributed by atoms with van der Waals surface area (Å²) in [5.74, 6) is -1.78. The number of amides is 1. The summed E-state index contributed by atoms with van der Waals surface area (Å²) in [5.41, 5.74) is 2.65. The standard InChI is InChI=1S/C38H39NO6/c1-2-12-32(36(40)39-24-27-19-21-31(22-20-27)45-30-17-10-5-11-18-30)33-23-34(37(41)43-25-28-13-6-3-7-14-28)35(33)38(42)44-26-29-15-8-4-9-16-29/h3-11,13-22,32-35H,2,12,23-26H2,1H3,(H,39,40). The van der Waals surface area contributed by atoms with Gasteiger partial charge in [0.2, 0.25) is 5.91 Å². The lowest BCUT2D eigenvalue weighted by atomic mass is 9.59. The van der Waals surface area contributed by atoms with Gasteiger partial charge in [-0.05, 0) is 59.7 Å². The number of benzene rings is 4. The van der Waals surface area contributed by atoms with Crippen LogP contribution in [0.4, 0.5) is 0 Å². The van der Waals surface area contributed by atoms with Crippen LogP contribution in [0.25, 0.3) is 0 Å². The van der Waals surface area contributed by atoms with Crippen LogP contribution >= 0.6 is 0 Å². The number of ether oxygens (including phenoxy) is 3. The Bertz CT molecular complexity index is 1530. The normalized spacial score (nSPS) is 17.8. The summed E-state index contributed by atoms with van der Waals surface area (Å²) in [4.78, 5) is 40.3. The predicted octanol–water partition coefficient (Wildman–Crippen LogP) is 7.25. The molecule has 0 aliphatic heterocycles. The molecule has 5 rings (SSSR count). The minimum Gasteiger partial charge on any atom is -0.461 e. The number of carbonyl (C=O) groups is 3. The molecule has 45 heavy (non-hydrogen) atoms. The number of hydrogen-bond acceptors (Lipinski definition) is 6. The highest BCUT2D eigenvalue weighted by atomic mass is 16.5. The van der Waals surface area contributed by atoms with Crippen molar-refractivity contribution in [3.05, 3.63) is 132 Å². The monoisotopic (exact) mass is 605 g/mol. The molecule has 4 unspecified atom stereocenters. The quantitative estimate of drug-likeness (QED) is 0.152. The Morgan fingerprint density at radius 3 is 1.80 bits per heavy atom. The molecule has 0 spiro atoms. The molecule has 1 saturated carbocycles. The maximum atomic E-state index is 13.6. The number of nitrogens with one attached hydrogen (secondary N) is 1. The zero-order valence-corrected chi connectivity index (χ0v) is 25.5. The Labute approximate surface area is 264 Å². The van der Waals surface area contributed by atoms with Crippen molar-refractivity contribution in [1.82, 2.24) is 5.32 Å². The van der Waals surface area contributed by atoms with Crippen LogP contribution in [0.5, 0.6) is 11.5 Å². The van der Waals surface area contributed by atoms with Gasteiger partial charge in [0.15, 0.2) is 0 Å². The van der Waals surface area contributed by atoms with E-state index in [0.29, 0.717) is 25.1 Å². The fourth-order valence-electron chi connectivity index (χ4n) is 5.82. The fraction of sp³-hybridized carbons (Fsp3) is 0.289. The molecule has 0 radical (unpaired) electrons. The molecule has 0 bridgehead atoms. The Morgan fingerprint density at radius 1 is 0.689 bits per heavy atom. The number of hydrogen-bond donors (Lipinski definition) is 1. The van der Waals surface area contributed by atoms with E-state index in [1.807, 2.05) is 122 Å². The molecule has 232 valence electrons. The summed E-state index contributed by atoms with van der Waals surface area (Å²) >= 11 is 0. The molecule has 4 aromatic carbocycles. The van der Waals surface area contributed by atoms with Gasteiger partial charge in [0.05, 0.1) is 11.8 Å². The molecule has 0 aromatic heterocycles. The van der Waals surface area contributed by atoms with Crippen LogP contribution in [0.1, 0.15) is 42.9 Å². The number of esters is 2. The SMILES string of the molecule is CCCC(C(=O)NCc1ccc(Oc2ccccc2)cc1)C1CC(C(=O)OCc2ccccc2)C1C(=O)OCc1ccccc1. The Hall–Kier alpha value is -4.91. The van der Waals surface area contributed by atoms with Gasteiger partial charge in [-0.25, -0.2) is 0 Å². The molecule has 1 aliphatic rings. The molecule has 7 heteroatoms. The average molecular weight is 606 g/mol. The van der Waals surface area contributed by atoms with Gasteiger partial charge in [0.25, 0.3) is 0 Å². The first-order chi connectivity index (χ1) is 22.0. The second-order valence-corrected chi connectivity index (χ2v) is 11.4. The van der Waals surface area contributed by atoms with Crippen LogP contribution in [0.2, 0.25) is 0 Å². The number of rotatable bonds is 14. The highest BCUT2D eigenvalue weighted by Crippen LogP contribution is 2.48. The van der Waals surface area contributed by atoms with Crippen molar-refractivity contribution in [3.63, 3.8) is 0 Å². The second-order valence-electron chi connectivity index (χ2n) is 11.4. The minimum atomic E-state index is -0.756. The van der Waals surface area contributed by atoms with Gasteiger partial charge in [-0.15, -0.1) is 0 Å². The maximum absolute atomic E-state index is 13.6. The lowest BCUT2D eigenvalue weighted by Gasteiger charge is -2.44. The van der Waals surface area contributed by atoms with Gasteiger partial charge < -0.3 is 19.5 Å². The van der Waals surface area contributed by atoms with E-state index >= 15 is 0 Å². The molecular formula is C38H39NO6. The van der Waals surface area contributed by atoms with Crippen molar-refractivity contribution in [2.45, 2.75) is 45.9 Å². The molecule has 1 N–H and O–H groups in total. The lowest BCUT2D eigenvalue weighted by Crippen LogP contribution is -2.53. The molecule has 4 atom stereocenters. The van der Waals surface area contributed by atoms with Crippen LogP contribution in [0, 0.1) is 23.7 Å². The first kappa shape index (κ1) is 31.5. The van der Waals surface area contributed by atoms with Gasteiger partial charge in [-0.2, -0.15) is 0 Å². The molecule has 1 amide bonds. The van der Waals surface area contributed by atoms with Crippen molar-refractivity contribution in [2.24, 2.45) is 23.7 Å². The Morgan fingerprint density at radius 2 is 1.22 bits per heavy atom. The molecule has 1 aliphatic carbocycles. The summed E-state index contributed by atoms with van der Waals surface area (Å²) in [5, 5.41) is 3.06. The third kappa shape index (κ3) is 8.60. The van der Waals surface area contributed by atoms with Gasteiger partial charge >= 0.3 is 11.9 Å². The zero-order valence-electron chi connectivity index (χ0n) is 25.5. The Kier molecular flexibility index (Phi) is 11.0. The molecule has 0 saturated heterocycles. The fourth-order valence-corrected chi connectivity index (χ4v) is 5.82. The van der Waals surface area contributed by atoms with Gasteiger partial charge in [-0.1, -0.05) is 104 Å². The number of para-hydroxylation sites is 1. The van der Waals surface area contributed by atoms with E-state index < -0.39 is 29.7 Å². The van der Waals surface area contributed by atoms with Crippen LogP contribution in [0.3, 0.4) is 0 Å². The molecule has 4 aromatic rings. The third-order valence-electron chi connectivity index (χ3n) is 8.27.